The summed E-state index contributed by atoms with van der Waals surface area (Å²) in [5.41, 5.74) is 8.56. The number of rotatable bonds is 12. The van der Waals surface area contributed by atoms with Gasteiger partial charge in [0.15, 0.2) is 6.61 Å². The molecule has 9 heteroatoms. The summed E-state index contributed by atoms with van der Waals surface area (Å²) in [7, 11) is 1.63. The first-order valence-corrected chi connectivity index (χ1v) is 14.1. The summed E-state index contributed by atoms with van der Waals surface area (Å²) in [4.78, 5) is 23.4. The van der Waals surface area contributed by atoms with E-state index in [0.717, 1.165) is 60.4 Å². The first-order chi connectivity index (χ1) is 19.6. The van der Waals surface area contributed by atoms with Crippen LogP contribution in [0.4, 0.5) is 0 Å². The van der Waals surface area contributed by atoms with Gasteiger partial charge >= 0.3 is 5.97 Å². The Labute approximate surface area is 241 Å². The molecular formula is C32H41N3O6. The lowest BCUT2D eigenvalue weighted by atomic mass is 9.82. The van der Waals surface area contributed by atoms with Crippen LogP contribution in [0.2, 0.25) is 0 Å². The number of nitrogens with two attached hydrogens (primary N) is 1. The van der Waals surface area contributed by atoms with Crippen LogP contribution < -0.4 is 15.2 Å². The van der Waals surface area contributed by atoms with E-state index in [1.54, 1.807) is 7.11 Å². The van der Waals surface area contributed by atoms with E-state index in [1.165, 1.54) is 0 Å². The SMILES string of the molecule is COc1cccc(-c2ccc(-c3ccnn3CC3CCC(COCC(=O)OC(C)(C)C)CC3)cc2OCC(N)=O)c1. The van der Waals surface area contributed by atoms with Gasteiger partial charge in [0.05, 0.1) is 19.4 Å². The van der Waals surface area contributed by atoms with E-state index in [2.05, 4.69) is 5.10 Å². The highest BCUT2D eigenvalue weighted by Crippen LogP contribution is 2.36. The van der Waals surface area contributed by atoms with Crippen LogP contribution in [0.25, 0.3) is 22.4 Å². The molecule has 0 atom stereocenters. The molecule has 1 saturated carbocycles. The first-order valence-electron chi connectivity index (χ1n) is 14.1. The van der Waals surface area contributed by atoms with Gasteiger partial charge in [-0.3, -0.25) is 9.48 Å². The fourth-order valence-corrected chi connectivity index (χ4v) is 5.21. The monoisotopic (exact) mass is 563 g/mol. The van der Waals surface area contributed by atoms with Crippen LogP contribution >= 0.6 is 0 Å². The van der Waals surface area contributed by atoms with Gasteiger partial charge in [-0.05, 0) is 94.2 Å². The van der Waals surface area contributed by atoms with Crippen molar-refractivity contribution in [2.45, 2.75) is 58.6 Å². The van der Waals surface area contributed by atoms with Crippen molar-refractivity contribution >= 4 is 11.9 Å². The highest BCUT2D eigenvalue weighted by atomic mass is 16.6. The van der Waals surface area contributed by atoms with Crippen molar-refractivity contribution in [3.63, 3.8) is 0 Å². The molecule has 1 aromatic heterocycles. The predicted octanol–water partition coefficient (Wildman–Crippen LogP) is 5.25. The number of hydrogen-bond acceptors (Lipinski definition) is 7. The van der Waals surface area contributed by atoms with Gasteiger partial charge in [0, 0.05) is 23.9 Å². The molecule has 1 aliphatic rings. The summed E-state index contributed by atoms with van der Waals surface area (Å²) in [6.07, 6.45) is 6.06. The molecule has 3 aromatic rings. The van der Waals surface area contributed by atoms with Crippen LogP contribution in [0.15, 0.2) is 54.7 Å². The van der Waals surface area contributed by atoms with Crippen LogP contribution in [-0.2, 0) is 25.6 Å². The number of primary amides is 1. The molecule has 0 spiro atoms. The van der Waals surface area contributed by atoms with E-state index in [4.69, 9.17) is 24.7 Å². The lowest BCUT2D eigenvalue weighted by Gasteiger charge is -2.29. The lowest BCUT2D eigenvalue weighted by molar-refractivity contribution is -0.160. The quantitative estimate of drug-likeness (QED) is 0.299. The van der Waals surface area contributed by atoms with Crippen LogP contribution in [0.3, 0.4) is 0 Å². The van der Waals surface area contributed by atoms with Gasteiger partial charge in [-0.25, -0.2) is 4.79 Å². The number of aromatic nitrogens is 2. The van der Waals surface area contributed by atoms with Crippen LogP contribution in [0, 0.1) is 11.8 Å². The molecule has 9 nitrogen and oxygen atoms in total. The molecule has 0 saturated heterocycles. The zero-order valence-corrected chi connectivity index (χ0v) is 24.4. The molecule has 0 bridgehead atoms. The third-order valence-electron chi connectivity index (χ3n) is 7.14. The summed E-state index contributed by atoms with van der Waals surface area (Å²) in [5.74, 6) is 1.38. The molecule has 2 N–H and O–H groups in total. The Bertz CT molecular complexity index is 1320. The zero-order chi connectivity index (χ0) is 29.4. The fourth-order valence-electron chi connectivity index (χ4n) is 5.21. The number of esters is 1. The van der Waals surface area contributed by atoms with Crippen molar-refractivity contribution in [1.29, 1.82) is 0 Å². The molecule has 220 valence electrons. The standard InChI is InChI=1S/C32H41N3O6/c1-32(2,3)41-31(37)21-39-19-23-10-8-22(9-11-23)18-35-28(14-15-34-35)25-12-13-27(29(17-25)40-20-30(33)36)24-6-5-7-26(16-24)38-4/h5-7,12-17,22-23H,8-11,18-21H2,1-4H3,(H2,33,36). The summed E-state index contributed by atoms with van der Waals surface area (Å²) in [6, 6.07) is 15.6. The topological polar surface area (TPSA) is 115 Å². The average Bonchev–Trinajstić information content (AvgIpc) is 3.40. The number of hydrogen-bond donors (Lipinski definition) is 1. The third-order valence-corrected chi connectivity index (χ3v) is 7.14. The molecule has 4 rings (SSSR count). The predicted molar refractivity (Wildman–Crippen MR) is 156 cm³/mol. The summed E-state index contributed by atoms with van der Waals surface area (Å²) >= 11 is 0. The van der Waals surface area contributed by atoms with E-state index in [1.807, 2.05) is 80.2 Å². The molecule has 0 unspecified atom stereocenters. The second-order valence-corrected chi connectivity index (χ2v) is 11.6. The molecule has 0 aliphatic heterocycles. The summed E-state index contributed by atoms with van der Waals surface area (Å²) in [5, 5.41) is 4.62. The third kappa shape index (κ3) is 8.82. The molecule has 41 heavy (non-hydrogen) atoms. The van der Waals surface area contributed by atoms with Gasteiger partial charge in [0.2, 0.25) is 0 Å². The minimum atomic E-state index is -0.539. The Hall–Kier alpha value is -3.85. The Morgan fingerprint density at radius 1 is 0.976 bits per heavy atom. The highest BCUT2D eigenvalue weighted by molar-refractivity contribution is 5.78. The zero-order valence-electron chi connectivity index (χ0n) is 24.4. The van der Waals surface area contributed by atoms with E-state index < -0.39 is 11.5 Å². The Kier molecular flexibility index (Phi) is 10.0. The molecule has 1 aliphatic carbocycles. The second-order valence-electron chi connectivity index (χ2n) is 11.6. The van der Waals surface area contributed by atoms with E-state index in [9.17, 15) is 9.59 Å². The smallest absolute Gasteiger partial charge is 0.332 e. The molecule has 1 fully saturated rings. The Balaban J connectivity index is 1.39. The molecular weight excluding hydrogens is 522 g/mol. The molecule has 1 heterocycles. The number of ether oxygens (including phenoxy) is 4. The molecule has 0 radical (unpaired) electrons. The van der Waals surface area contributed by atoms with Gasteiger partial charge in [-0.15, -0.1) is 0 Å². The minimum Gasteiger partial charge on any atom is -0.497 e. The van der Waals surface area contributed by atoms with Gasteiger partial charge in [0.25, 0.3) is 5.91 Å². The number of carbonyl (C=O) groups excluding carboxylic acids is 2. The van der Waals surface area contributed by atoms with Crippen molar-refractivity contribution in [2.75, 3.05) is 26.9 Å². The van der Waals surface area contributed by atoms with Crippen molar-refractivity contribution in [2.24, 2.45) is 17.6 Å². The van der Waals surface area contributed by atoms with Gasteiger partial charge in [-0.1, -0.05) is 18.2 Å². The maximum atomic E-state index is 11.9. The summed E-state index contributed by atoms with van der Waals surface area (Å²) in [6.45, 7) is 6.72. The fraction of sp³-hybridized carbons (Fsp3) is 0.469. The van der Waals surface area contributed by atoms with Crippen molar-refractivity contribution in [3.8, 4) is 33.9 Å². The minimum absolute atomic E-state index is 0.00437. The first kappa shape index (κ1) is 30.1. The number of methoxy groups -OCH3 is 1. The lowest BCUT2D eigenvalue weighted by Crippen LogP contribution is -2.28. The molecule has 2 aromatic carbocycles. The van der Waals surface area contributed by atoms with Gasteiger partial charge < -0.3 is 24.7 Å². The van der Waals surface area contributed by atoms with Crippen LogP contribution in [-0.4, -0.2) is 54.2 Å². The van der Waals surface area contributed by atoms with E-state index in [0.29, 0.717) is 24.2 Å². The number of benzene rings is 2. The number of amides is 1. The average molecular weight is 564 g/mol. The Morgan fingerprint density at radius 3 is 2.44 bits per heavy atom. The van der Waals surface area contributed by atoms with Gasteiger partial charge in [0.1, 0.15) is 23.7 Å². The highest BCUT2D eigenvalue weighted by Gasteiger charge is 2.24. The second kappa shape index (κ2) is 13.7. The summed E-state index contributed by atoms with van der Waals surface area (Å²) < 4.78 is 24.3. The number of carbonyl (C=O) groups is 2. The van der Waals surface area contributed by atoms with Crippen LogP contribution in [0.5, 0.6) is 11.5 Å². The van der Waals surface area contributed by atoms with Gasteiger partial charge in [-0.2, -0.15) is 5.10 Å². The largest absolute Gasteiger partial charge is 0.497 e. The van der Waals surface area contributed by atoms with Crippen molar-refractivity contribution in [3.05, 3.63) is 54.7 Å². The van der Waals surface area contributed by atoms with Crippen LogP contribution in [0.1, 0.15) is 46.5 Å². The maximum absolute atomic E-state index is 11.9. The Morgan fingerprint density at radius 2 is 1.73 bits per heavy atom. The van der Waals surface area contributed by atoms with Crippen molar-refractivity contribution < 1.29 is 28.5 Å². The van der Waals surface area contributed by atoms with Crippen molar-refractivity contribution in [1.82, 2.24) is 9.78 Å². The number of nitrogens with zero attached hydrogens (tertiary/aromatic N) is 2. The molecule has 1 amide bonds. The van der Waals surface area contributed by atoms with E-state index >= 15 is 0 Å². The maximum Gasteiger partial charge on any atom is 0.332 e. The van der Waals surface area contributed by atoms with E-state index in [-0.39, 0.29) is 19.2 Å². The normalized spacial score (nSPS) is 17.2.